The van der Waals surface area contributed by atoms with Crippen LogP contribution in [0.25, 0.3) is 21.9 Å². The van der Waals surface area contributed by atoms with Gasteiger partial charge in [0.25, 0.3) is 5.56 Å². The summed E-state index contributed by atoms with van der Waals surface area (Å²) in [5.74, 6) is -0.191. The lowest BCUT2D eigenvalue weighted by atomic mass is 10.1. The molecule has 5 rings (SSSR count). The monoisotopic (exact) mass is 484 g/mol. The number of fused-ring (bicyclic) bond motifs is 1. The molecule has 4 aromatic heterocycles. The van der Waals surface area contributed by atoms with Crippen LogP contribution in [0.5, 0.6) is 0 Å². The molecular formula is C26H24N6O2S. The lowest BCUT2D eigenvalue weighted by molar-refractivity contribution is -0.120. The van der Waals surface area contributed by atoms with E-state index in [1.807, 2.05) is 79.4 Å². The number of carbonyl (C=O) groups excluding carboxylic acids is 1. The van der Waals surface area contributed by atoms with E-state index < -0.39 is 0 Å². The second-order valence-electron chi connectivity index (χ2n) is 8.37. The van der Waals surface area contributed by atoms with Gasteiger partial charge >= 0.3 is 0 Å². The highest BCUT2D eigenvalue weighted by atomic mass is 32.1. The largest absolute Gasteiger partial charge is 0.350 e. The highest BCUT2D eigenvalue weighted by molar-refractivity contribution is 7.15. The number of hydrogen-bond donors (Lipinski definition) is 1. The predicted octanol–water partition coefficient (Wildman–Crippen LogP) is 3.79. The standard InChI is InChI=1S/C26H24N6O2S/c1-16-8-4-5-10-22(16)32-17(2)12-21(30-32)24-18(3)29-26-31(25(24)34)20(15-35-26)13-23(33)28-14-19-9-6-7-11-27-19/h4-12,15H,13-14H2,1-3H3,(H,28,33). The highest BCUT2D eigenvalue weighted by Gasteiger charge is 2.20. The minimum Gasteiger partial charge on any atom is -0.350 e. The van der Waals surface area contributed by atoms with Gasteiger partial charge in [0.15, 0.2) is 4.96 Å². The van der Waals surface area contributed by atoms with Gasteiger partial charge in [-0.05, 0) is 50.6 Å². The summed E-state index contributed by atoms with van der Waals surface area (Å²) in [5.41, 5.74) is 5.71. The zero-order valence-corrected chi connectivity index (χ0v) is 20.5. The molecule has 4 heterocycles. The van der Waals surface area contributed by atoms with Gasteiger partial charge in [-0.3, -0.25) is 19.0 Å². The molecule has 0 aliphatic carbocycles. The van der Waals surface area contributed by atoms with Crippen molar-refractivity contribution in [2.75, 3.05) is 0 Å². The van der Waals surface area contributed by atoms with E-state index in [4.69, 9.17) is 5.10 Å². The zero-order chi connectivity index (χ0) is 24.5. The van der Waals surface area contributed by atoms with Gasteiger partial charge in [-0.25, -0.2) is 9.67 Å². The average molecular weight is 485 g/mol. The minimum atomic E-state index is -0.226. The van der Waals surface area contributed by atoms with Crippen LogP contribution < -0.4 is 10.9 Å². The molecule has 0 saturated heterocycles. The first-order valence-electron chi connectivity index (χ1n) is 11.2. The van der Waals surface area contributed by atoms with Crippen LogP contribution in [0, 0.1) is 20.8 Å². The number of thiazole rings is 1. The Morgan fingerprint density at radius 3 is 2.66 bits per heavy atom. The van der Waals surface area contributed by atoms with Crippen LogP contribution in [-0.2, 0) is 17.8 Å². The number of aryl methyl sites for hydroxylation is 3. The summed E-state index contributed by atoms with van der Waals surface area (Å²) >= 11 is 1.34. The first kappa shape index (κ1) is 22.7. The van der Waals surface area contributed by atoms with Gasteiger partial charge in [-0.15, -0.1) is 11.3 Å². The lowest BCUT2D eigenvalue weighted by Crippen LogP contribution is -2.27. The Morgan fingerprint density at radius 1 is 1.09 bits per heavy atom. The Labute approximate surface area is 205 Å². The molecule has 0 unspecified atom stereocenters. The summed E-state index contributed by atoms with van der Waals surface area (Å²) in [4.78, 5) is 35.7. The number of benzene rings is 1. The first-order chi connectivity index (χ1) is 16.9. The Morgan fingerprint density at radius 2 is 1.89 bits per heavy atom. The molecule has 0 aliphatic rings. The fourth-order valence-electron chi connectivity index (χ4n) is 4.08. The number of aromatic nitrogens is 5. The van der Waals surface area contributed by atoms with Crippen molar-refractivity contribution in [3.8, 4) is 16.9 Å². The highest BCUT2D eigenvalue weighted by Crippen LogP contribution is 2.24. The van der Waals surface area contributed by atoms with Gasteiger partial charge in [-0.2, -0.15) is 5.10 Å². The molecule has 0 spiro atoms. The second-order valence-corrected chi connectivity index (χ2v) is 9.20. The Hall–Kier alpha value is -4.11. The van der Waals surface area contributed by atoms with Crippen molar-refractivity contribution in [1.82, 2.24) is 29.5 Å². The fourth-order valence-corrected chi connectivity index (χ4v) is 5.01. The number of para-hydroxylation sites is 1. The molecule has 0 aliphatic heterocycles. The predicted molar refractivity (Wildman–Crippen MR) is 136 cm³/mol. The Balaban J connectivity index is 1.49. The fraction of sp³-hybridized carbons (Fsp3) is 0.192. The SMILES string of the molecule is Cc1ccccc1-n1nc(-c2c(C)nc3scc(CC(=O)NCc4ccccn4)n3c2=O)cc1C. The zero-order valence-electron chi connectivity index (χ0n) is 19.6. The van der Waals surface area contributed by atoms with Gasteiger partial charge in [0.05, 0.1) is 35.6 Å². The van der Waals surface area contributed by atoms with Gasteiger partial charge in [0, 0.05) is 23.0 Å². The van der Waals surface area contributed by atoms with Gasteiger partial charge < -0.3 is 5.32 Å². The summed E-state index contributed by atoms with van der Waals surface area (Å²) in [5, 5.41) is 9.43. The normalized spacial score (nSPS) is 11.2. The Bertz CT molecular complexity index is 1600. The summed E-state index contributed by atoms with van der Waals surface area (Å²) < 4.78 is 3.37. The van der Waals surface area contributed by atoms with Crippen LogP contribution in [0.4, 0.5) is 0 Å². The van der Waals surface area contributed by atoms with E-state index in [1.54, 1.807) is 6.20 Å². The third-order valence-electron chi connectivity index (χ3n) is 5.84. The topological polar surface area (TPSA) is 94.2 Å². The van der Waals surface area contributed by atoms with Crippen LogP contribution in [-0.4, -0.2) is 30.1 Å². The van der Waals surface area contributed by atoms with Crippen molar-refractivity contribution in [3.05, 3.63) is 98.8 Å². The maximum atomic E-state index is 13.7. The van der Waals surface area contributed by atoms with Crippen LogP contribution in [0.2, 0.25) is 0 Å². The number of nitrogens with zero attached hydrogens (tertiary/aromatic N) is 5. The molecule has 1 amide bonds. The molecule has 0 fully saturated rings. The van der Waals surface area contributed by atoms with Crippen molar-refractivity contribution in [1.29, 1.82) is 0 Å². The number of rotatable bonds is 6. The molecule has 1 N–H and O–H groups in total. The molecule has 0 saturated carbocycles. The third kappa shape index (κ3) is 4.38. The summed E-state index contributed by atoms with van der Waals surface area (Å²) in [6.45, 7) is 6.14. The van der Waals surface area contributed by atoms with E-state index in [2.05, 4.69) is 15.3 Å². The minimum absolute atomic E-state index is 0.0631. The quantitative estimate of drug-likeness (QED) is 0.396. The van der Waals surface area contributed by atoms with E-state index in [1.165, 1.54) is 15.7 Å². The Kier molecular flexibility index (Phi) is 6.00. The number of hydrogen-bond acceptors (Lipinski definition) is 6. The molecule has 0 radical (unpaired) electrons. The maximum absolute atomic E-state index is 13.7. The van der Waals surface area contributed by atoms with E-state index in [9.17, 15) is 9.59 Å². The second kappa shape index (κ2) is 9.27. The first-order valence-corrected chi connectivity index (χ1v) is 12.1. The maximum Gasteiger partial charge on any atom is 0.268 e. The van der Waals surface area contributed by atoms with Gasteiger partial charge in [0.2, 0.25) is 5.91 Å². The molecule has 5 aromatic rings. The molecule has 9 heteroatoms. The van der Waals surface area contributed by atoms with Gasteiger partial charge in [-0.1, -0.05) is 24.3 Å². The lowest BCUT2D eigenvalue weighted by Gasteiger charge is -2.08. The van der Waals surface area contributed by atoms with Crippen molar-refractivity contribution in [2.45, 2.75) is 33.7 Å². The average Bonchev–Trinajstić information content (AvgIpc) is 3.42. The van der Waals surface area contributed by atoms with Crippen LogP contribution >= 0.6 is 11.3 Å². The molecule has 1 aromatic carbocycles. The molecular weight excluding hydrogens is 460 g/mol. The molecule has 0 bridgehead atoms. The van der Waals surface area contributed by atoms with Gasteiger partial charge in [0.1, 0.15) is 5.69 Å². The summed E-state index contributed by atoms with van der Waals surface area (Å²) in [6, 6.07) is 15.4. The third-order valence-corrected chi connectivity index (χ3v) is 6.72. The van der Waals surface area contributed by atoms with Crippen LogP contribution in [0.3, 0.4) is 0 Å². The van der Waals surface area contributed by atoms with Crippen LogP contribution in [0.1, 0.15) is 28.3 Å². The van der Waals surface area contributed by atoms with E-state index in [0.717, 1.165) is 22.6 Å². The number of nitrogens with one attached hydrogen (secondary N) is 1. The smallest absolute Gasteiger partial charge is 0.268 e. The molecule has 8 nitrogen and oxygen atoms in total. The number of pyridine rings is 1. The molecule has 35 heavy (non-hydrogen) atoms. The summed E-state index contributed by atoms with van der Waals surface area (Å²) in [7, 11) is 0. The van der Waals surface area contributed by atoms with E-state index in [-0.39, 0.29) is 17.9 Å². The molecule has 0 atom stereocenters. The van der Waals surface area contributed by atoms with E-state index >= 15 is 0 Å². The number of carbonyl (C=O) groups is 1. The van der Waals surface area contributed by atoms with Crippen molar-refractivity contribution in [3.63, 3.8) is 0 Å². The van der Waals surface area contributed by atoms with Crippen molar-refractivity contribution >= 4 is 22.2 Å². The summed E-state index contributed by atoms with van der Waals surface area (Å²) in [6.07, 6.45) is 1.75. The van der Waals surface area contributed by atoms with Crippen molar-refractivity contribution in [2.24, 2.45) is 0 Å². The number of amides is 1. The van der Waals surface area contributed by atoms with Crippen LogP contribution in [0.15, 0.2) is 64.9 Å². The van der Waals surface area contributed by atoms with Crippen molar-refractivity contribution < 1.29 is 4.79 Å². The molecule has 176 valence electrons. The van der Waals surface area contributed by atoms with E-state index in [0.29, 0.717) is 34.2 Å².